The van der Waals surface area contributed by atoms with E-state index in [1.54, 1.807) is 13.3 Å². The van der Waals surface area contributed by atoms with E-state index in [2.05, 4.69) is 28.5 Å². The maximum atomic E-state index is 12.7. The molecule has 2 aliphatic rings. The lowest BCUT2D eigenvalue weighted by molar-refractivity contribution is -0.115. The fraction of sp³-hybridized carbons (Fsp3) is 0.182. The number of hydrogen-bond acceptors (Lipinski definition) is 4. The lowest BCUT2D eigenvalue weighted by Crippen LogP contribution is -2.19. The number of fused-ring (bicyclic) bond motifs is 3. The zero-order chi connectivity index (χ0) is 17.7. The molecule has 0 bridgehead atoms. The Kier molecular flexibility index (Phi) is 3.32. The second kappa shape index (κ2) is 5.70. The Hall–Kier alpha value is -3.14. The third-order valence-electron chi connectivity index (χ3n) is 5.34. The predicted octanol–water partition coefficient (Wildman–Crippen LogP) is 4.42. The summed E-state index contributed by atoms with van der Waals surface area (Å²) >= 11 is 0. The van der Waals surface area contributed by atoms with Crippen molar-refractivity contribution in [2.45, 2.75) is 18.8 Å². The summed E-state index contributed by atoms with van der Waals surface area (Å²) < 4.78 is 5.43. The molecule has 26 heavy (non-hydrogen) atoms. The molecule has 3 aromatic rings. The summed E-state index contributed by atoms with van der Waals surface area (Å²) in [6.07, 6.45) is 3.15. The lowest BCUT2D eigenvalue weighted by atomic mass is 9.79. The van der Waals surface area contributed by atoms with Gasteiger partial charge in [-0.05, 0) is 47.9 Å². The minimum Gasteiger partial charge on any atom is -0.497 e. The molecular weight excluding hydrogens is 324 g/mol. The average Bonchev–Trinajstić information content (AvgIpc) is 3.06. The van der Waals surface area contributed by atoms with E-state index in [-0.39, 0.29) is 11.7 Å². The smallest absolute Gasteiger partial charge is 0.161 e. The number of aromatic nitrogens is 1. The number of carbonyl (C=O) groups is 1. The van der Waals surface area contributed by atoms with Crippen LogP contribution in [0.2, 0.25) is 0 Å². The zero-order valence-corrected chi connectivity index (χ0v) is 14.5. The van der Waals surface area contributed by atoms with Crippen molar-refractivity contribution in [3.63, 3.8) is 0 Å². The summed E-state index contributed by atoms with van der Waals surface area (Å²) in [6, 6.07) is 16.2. The van der Waals surface area contributed by atoms with Crippen molar-refractivity contribution >= 4 is 22.4 Å². The third kappa shape index (κ3) is 2.15. The molecule has 0 saturated heterocycles. The van der Waals surface area contributed by atoms with Crippen LogP contribution in [0.15, 0.2) is 66.0 Å². The fourth-order valence-corrected chi connectivity index (χ4v) is 4.20. The van der Waals surface area contributed by atoms with Gasteiger partial charge in [-0.15, -0.1) is 0 Å². The molecule has 1 aliphatic heterocycles. The number of nitrogens with zero attached hydrogens (tertiary/aromatic N) is 1. The zero-order valence-electron chi connectivity index (χ0n) is 14.5. The van der Waals surface area contributed by atoms with Crippen LogP contribution in [0.5, 0.6) is 5.75 Å². The van der Waals surface area contributed by atoms with Crippen LogP contribution >= 0.6 is 0 Å². The minimum atomic E-state index is -0.0979. The monoisotopic (exact) mass is 342 g/mol. The number of anilines is 1. The standard InChI is InChI=1S/C22H18N2O2/c1-26-14-5-2-4-13(12-14)20-21-15-6-3-11-23-16(15)7-8-17(21)24-18-9-10-19(25)22(18)20/h2-8,11-12,20,24H,9-10H2,1H3. The van der Waals surface area contributed by atoms with E-state index < -0.39 is 0 Å². The summed E-state index contributed by atoms with van der Waals surface area (Å²) in [6.45, 7) is 0. The van der Waals surface area contributed by atoms with Gasteiger partial charge in [-0.3, -0.25) is 9.78 Å². The van der Waals surface area contributed by atoms with Gasteiger partial charge >= 0.3 is 0 Å². The quantitative estimate of drug-likeness (QED) is 0.749. The molecule has 2 aromatic carbocycles. The Morgan fingerprint density at radius 2 is 2.04 bits per heavy atom. The molecule has 1 aromatic heterocycles. The highest BCUT2D eigenvalue weighted by Crippen LogP contribution is 2.48. The largest absolute Gasteiger partial charge is 0.497 e. The molecule has 1 aliphatic carbocycles. The van der Waals surface area contributed by atoms with E-state index in [4.69, 9.17) is 4.74 Å². The van der Waals surface area contributed by atoms with Gasteiger partial charge in [-0.2, -0.15) is 0 Å². The number of methoxy groups -OCH3 is 1. The molecule has 4 heteroatoms. The molecule has 0 spiro atoms. The Morgan fingerprint density at radius 3 is 2.92 bits per heavy atom. The van der Waals surface area contributed by atoms with E-state index in [0.717, 1.165) is 51.2 Å². The van der Waals surface area contributed by atoms with Crippen molar-refractivity contribution in [2.75, 3.05) is 12.4 Å². The van der Waals surface area contributed by atoms with Crippen LogP contribution in [0.25, 0.3) is 10.9 Å². The van der Waals surface area contributed by atoms with Crippen LogP contribution in [-0.2, 0) is 4.79 Å². The van der Waals surface area contributed by atoms with Crippen molar-refractivity contribution in [1.29, 1.82) is 0 Å². The number of Topliss-reactive ketones (excluding diaryl/α,β-unsaturated/α-hetero) is 1. The molecule has 0 saturated carbocycles. The van der Waals surface area contributed by atoms with Crippen LogP contribution in [0.1, 0.15) is 29.9 Å². The van der Waals surface area contributed by atoms with Crippen LogP contribution in [0.4, 0.5) is 5.69 Å². The second-order valence-corrected chi connectivity index (χ2v) is 6.75. The summed E-state index contributed by atoms with van der Waals surface area (Å²) in [5.74, 6) is 0.930. The molecule has 2 heterocycles. The first-order valence-corrected chi connectivity index (χ1v) is 8.81. The number of ether oxygens (including phenoxy) is 1. The van der Waals surface area contributed by atoms with Crippen LogP contribution in [-0.4, -0.2) is 17.9 Å². The lowest BCUT2D eigenvalue weighted by Gasteiger charge is -2.30. The molecule has 1 atom stereocenters. The number of allylic oxidation sites excluding steroid dienone is 2. The number of rotatable bonds is 2. The van der Waals surface area contributed by atoms with Gasteiger partial charge in [0, 0.05) is 40.9 Å². The van der Waals surface area contributed by atoms with E-state index in [1.165, 1.54) is 0 Å². The number of pyridine rings is 1. The highest BCUT2D eigenvalue weighted by Gasteiger charge is 2.37. The molecule has 1 unspecified atom stereocenters. The molecule has 5 rings (SSSR count). The maximum absolute atomic E-state index is 12.7. The van der Waals surface area contributed by atoms with Crippen molar-refractivity contribution in [3.05, 3.63) is 77.1 Å². The van der Waals surface area contributed by atoms with Gasteiger partial charge in [0.1, 0.15) is 5.75 Å². The highest BCUT2D eigenvalue weighted by atomic mass is 16.5. The summed E-state index contributed by atoms with van der Waals surface area (Å²) in [5.41, 5.74) is 6.15. The van der Waals surface area contributed by atoms with E-state index >= 15 is 0 Å². The molecule has 0 amide bonds. The van der Waals surface area contributed by atoms with Crippen molar-refractivity contribution in [2.24, 2.45) is 0 Å². The van der Waals surface area contributed by atoms with Crippen molar-refractivity contribution < 1.29 is 9.53 Å². The molecule has 4 nitrogen and oxygen atoms in total. The number of nitrogens with one attached hydrogen (secondary N) is 1. The number of hydrogen-bond donors (Lipinski definition) is 1. The van der Waals surface area contributed by atoms with E-state index in [9.17, 15) is 4.79 Å². The third-order valence-corrected chi connectivity index (χ3v) is 5.34. The van der Waals surface area contributed by atoms with Gasteiger partial charge in [-0.25, -0.2) is 0 Å². The van der Waals surface area contributed by atoms with Gasteiger partial charge in [0.05, 0.1) is 12.6 Å². The molecule has 0 radical (unpaired) electrons. The topological polar surface area (TPSA) is 51.2 Å². The molecule has 0 fully saturated rings. The second-order valence-electron chi connectivity index (χ2n) is 6.75. The minimum absolute atomic E-state index is 0.0979. The van der Waals surface area contributed by atoms with E-state index in [1.807, 2.05) is 30.3 Å². The maximum Gasteiger partial charge on any atom is 0.161 e. The molecule has 128 valence electrons. The Morgan fingerprint density at radius 1 is 1.12 bits per heavy atom. The van der Waals surface area contributed by atoms with Crippen molar-refractivity contribution in [3.8, 4) is 5.75 Å². The normalized spacial score (nSPS) is 18.5. The summed E-state index contributed by atoms with van der Waals surface area (Å²) in [5, 5.41) is 4.59. The first kappa shape index (κ1) is 15.1. The predicted molar refractivity (Wildman–Crippen MR) is 101 cm³/mol. The van der Waals surface area contributed by atoms with Gasteiger partial charge in [0.2, 0.25) is 0 Å². The first-order chi connectivity index (χ1) is 12.8. The summed E-state index contributed by atoms with van der Waals surface area (Å²) in [7, 11) is 1.67. The number of carbonyl (C=O) groups excluding carboxylic acids is 1. The number of benzene rings is 2. The number of ketones is 1. The van der Waals surface area contributed by atoms with Gasteiger partial charge in [0.15, 0.2) is 5.78 Å². The Balaban J connectivity index is 1.82. The van der Waals surface area contributed by atoms with Crippen LogP contribution < -0.4 is 10.1 Å². The Bertz CT molecular complexity index is 1080. The average molecular weight is 342 g/mol. The first-order valence-electron chi connectivity index (χ1n) is 8.81. The van der Waals surface area contributed by atoms with Crippen LogP contribution in [0, 0.1) is 0 Å². The molecular formula is C22H18N2O2. The Labute approximate surface area is 151 Å². The fourth-order valence-electron chi connectivity index (χ4n) is 4.20. The van der Waals surface area contributed by atoms with Gasteiger partial charge in [0.25, 0.3) is 0 Å². The van der Waals surface area contributed by atoms with Crippen molar-refractivity contribution in [1.82, 2.24) is 4.98 Å². The van der Waals surface area contributed by atoms with Crippen LogP contribution in [0.3, 0.4) is 0 Å². The van der Waals surface area contributed by atoms with Gasteiger partial charge in [-0.1, -0.05) is 18.2 Å². The SMILES string of the molecule is COc1cccc(C2C3=C(CCC3=O)Nc3ccc4ncccc4c32)c1. The molecule has 1 N–H and O–H groups in total. The summed E-state index contributed by atoms with van der Waals surface area (Å²) in [4.78, 5) is 17.3. The highest BCUT2D eigenvalue weighted by molar-refractivity contribution is 6.05. The van der Waals surface area contributed by atoms with E-state index in [0.29, 0.717) is 6.42 Å². The van der Waals surface area contributed by atoms with Gasteiger partial charge < -0.3 is 10.1 Å².